The van der Waals surface area contributed by atoms with Crippen molar-refractivity contribution in [3.05, 3.63) is 35.0 Å². The van der Waals surface area contributed by atoms with Crippen molar-refractivity contribution in [2.24, 2.45) is 0 Å². The molecule has 0 saturated carbocycles. The number of aryl methyl sites for hydroxylation is 1. The third-order valence-corrected chi connectivity index (χ3v) is 7.83. The van der Waals surface area contributed by atoms with Crippen LogP contribution in [0.5, 0.6) is 0 Å². The molecule has 0 aliphatic carbocycles. The standard InChI is InChI=1S/C20H25N3O5S2/c1-3-4-10-23(15-8-11-30(26,27)13-15)17(24)12-28-20(25)18-14(2)22-19(29-18)16-7-5-6-9-21-16/h5-7,9,15H,3-4,8,10-13H2,1-2H3. The van der Waals surface area contributed by atoms with Gasteiger partial charge in [0, 0.05) is 18.8 Å². The Labute approximate surface area is 180 Å². The molecule has 10 heteroatoms. The van der Waals surface area contributed by atoms with Crippen molar-refractivity contribution < 1.29 is 22.7 Å². The van der Waals surface area contributed by atoms with Gasteiger partial charge in [-0.1, -0.05) is 19.4 Å². The van der Waals surface area contributed by atoms with E-state index in [0.717, 1.165) is 12.8 Å². The molecule has 1 amide bonds. The quantitative estimate of drug-likeness (QED) is 0.568. The summed E-state index contributed by atoms with van der Waals surface area (Å²) in [5, 5.41) is 0.604. The fourth-order valence-corrected chi connectivity index (χ4v) is 5.99. The molecule has 0 N–H and O–H groups in total. The number of esters is 1. The number of pyridine rings is 1. The summed E-state index contributed by atoms with van der Waals surface area (Å²) in [4.78, 5) is 35.8. The highest BCUT2D eigenvalue weighted by Crippen LogP contribution is 2.27. The van der Waals surface area contributed by atoms with Crippen LogP contribution in [0.1, 0.15) is 41.6 Å². The van der Waals surface area contributed by atoms with Crippen LogP contribution in [0.15, 0.2) is 24.4 Å². The van der Waals surface area contributed by atoms with E-state index >= 15 is 0 Å². The number of hydrogen-bond acceptors (Lipinski definition) is 8. The fourth-order valence-electron chi connectivity index (χ4n) is 3.32. The normalized spacial score (nSPS) is 17.6. The zero-order valence-corrected chi connectivity index (χ0v) is 18.7. The van der Waals surface area contributed by atoms with Crippen LogP contribution in [0.3, 0.4) is 0 Å². The Kier molecular flexibility index (Phi) is 7.19. The molecule has 1 atom stereocenters. The second kappa shape index (κ2) is 9.65. The van der Waals surface area contributed by atoms with E-state index in [0.29, 0.717) is 34.2 Å². The number of rotatable bonds is 8. The number of ether oxygens (including phenoxy) is 1. The van der Waals surface area contributed by atoms with Gasteiger partial charge in [0.1, 0.15) is 9.88 Å². The second-order valence-corrected chi connectivity index (χ2v) is 10.5. The monoisotopic (exact) mass is 451 g/mol. The van der Waals surface area contributed by atoms with Crippen molar-refractivity contribution in [3.63, 3.8) is 0 Å². The molecule has 0 aromatic carbocycles. The fraction of sp³-hybridized carbons (Fsp3) is 0.500. The minimum absolute atomic E-state index is 0.0300. The molecule has 3 rings (SSSR count). The molecule has 0 radical (unpaired) electrons. The lowest BCUT2D eigenvalue weighted by Gasteiger charge is -2.28. The van der Waals surface area contributed by atoms with Crippen LogP contribution in [0.4, 0.5) is 0 Å². The maximum atomic E-state index is 12.7. The topological polar surface area (TPSA) is 107 Å². The molecular weight excluding hydrogens is 426 g/mol. The molecule has 30 heavy (non-hydrogen) atoms. The molecule has 2 aromatic heterocycles. The van der Waals surface area contributed by atoms with Gasteiger partial charge < -0.3 is 9.64 Å². The van der Waals surface area contributed by atoms with E-state index in [4.69, 9.17) is 4.74 Å². The van der Waals surface area contributed by atoms with Gasteiger partial charge >= 0.3 is 5.97 Å². The zero-order valence-electron chi connectivity index (χ0n) is 17.0. The first kappa shape index (κ1) is 22.4. The summed E-state index contributed by atoms with van der Waals surface area (Å²) >= 11 is 1.17. The molecule has 1 aliphatic rings. The molecule has 1 aliphatic heterocycles. The van der Waals surface area contributed by atoms with E-state index in [1.54, 1.807) is 30.2 Å². The number of carbonyl (C=O) groups is 2. The maximum absolute atomic E-state index is 12.7. The van der Waals surface area contributed by atoms with Crippen molar-refractivity contribution in [2.75, 3.05) is 24.7 Å². The molecule has 1 fully saturated rings. The summed E-state index contributed by atoms with van der Waals surface area (Å²) in [7, 11) is -3.12. The van der Waals surface area contributed by atoms with Gasteiger partial charge in [-0.2, -0.15) is 0 Å². The van der Waals surface area contributed by atoms with Crippen molar-refractivity contribution in [3.8, 4) is 10.7 Å². The van der Waals surface area contributed by atoms with Gasteiger partial charge in [0.05, 0.1) is 22.9 Å². The molecule has 1 saturated heterocycles. The van der Waals surface area contributed by atoms with Crippen LogP contribution in [0.2, 0.25) is 0 Å². The Hall–Kier alpha value is -2.33. The van der Waals surface area contributed by atoms with Crippen molar-refractivity contribution in [1.82, 2.24) is 14.9 Å². The third kappa shape index (κ3) is 5.42. The zero-order chi connectivity index (χ0) is 21.7. The number of thiazole rings is 1. The molecule has 0 spiro atoms. The molecule has 8 nitrogen and oxygen atoms in total. The summed E-state index contributed by atoms with van der Waals surface area (Å²) < 4.78 is 28.9. The summed E-state index contributed by atoms with van der Waals surface area (Å²) in [6.45, 7) is 3.74. The van der Waals surface area contributed by atoms with Gasteiger partial charge in [0.2, 0.25) is 0 Å². The molecule has 1 unspecified atom stereocenters. The van der Waals surface area contributed by atoms with Gasteiger partial charge in [-0.05, 0) is 31.9 Å². The first-order valence-electron chi connectivity index (χ1n) is 9.86. The highest BCUT2D eigenvalue weighted by atomic mass is 32.2. The highest BCUT2D eigenvalue weighted by molar-refractivity contribution is 7.91. The van der Waals surface area contributed by atoms with Gasteiger partial charge in [-0.3, -0.25) is 9.78 Å². The number of amides is 1. The SMILES string of the molecule is CCCCN(C(=O)COC(=O)c1sc(-c2ccccn2)nc1C)C1CCS(=O)(=O)C1. The molecule has 0 bridgehead atoms. The van der Waals surface area contributed by atoms with Crippen molar-refractivity contribution in [1.29, 1.82) is 0 Å². The first-order chi connectivity index (χ1) is 14.3. The molecule has 2 aromatic rings. The number of hydrogen-bond donors (Lipinski definition) is 0. The Balaban J connectivity index is 1.65. The maximum Gasteiger partial charge on any atom is 0.350 e. The average molecular weight is 452 g/mol. The molecule has 162 valence electrons. The first-order valence-corrected chi connectivity index (χ1v) is 12.5. The summed E-state index contributed by atoms with van der Waals surface area (Å²) in [5.74, 6) is -0.928. The Bertz CT molecular complexity index is 1000. The smallest absolute Gasteiger partial charge is 0.350 e. The van der Waals surface area contributed by atoms with Crippen LogP contribution in [-0.2, 0) is 19.4 Å². The minimum Gasteiger partial charge on any atom is -0.451 e. The van der Waals surface area contributed by atoms with E-state index in [2.05, 4.69) is 9.97 Å². The van der Waals surface area contributed by atoms with Crippen LogP contribution in [-0.4, -0.2) is 65.9 Å². The number of aromatic nitrogens is 2. The van der Waals surface area contributed by atoms with Gasteiger partial charge in [-0.15, -0.1) is 11.3 Å². The predicted molar refractivity (Wildman–Crippen MR) is 114 cm³/mol. The largest absolute Gasteiger partial charge is 0.451 e. The van der Waals surface area contributed by atoms with Crippen LogP contribution >= 0.6 is 11.3 Å². The lowest BCUT2D eigenvalue weighted by Crippen LogP contribution is -2.43. The van der Waals surface area contributed by atoms with Crippen molar-refractivity contribution in [2.45, 2.75) is 39.2 Å². The van der Waals surface area contributed by atoms with E-state index in [1.807, 2.05) is 13.0 Å². The van der Waals surface area contributed by atoms with Gasteiger partial charge in [-0.25, -0.2) is 18.2 Å². The van der Waals surface area contributed by atoms with Gasteiger partial charge in [0.15, 0.2) is 16.4 Å². The Morgan fingerprint density at radius 3 is 2.77 bits per heavy atom. The van der Waals surface area contributed by atoms with E-state index < -0.39 is 22.4 Å². The third-order valence-electron chi connectivity index (χ3n) is 4.91. The number of carbonyl (C=O) groups excluding carboxylic acids is 2. The van der Waals surface area contributed by atoms with Crippen molar-refractivity contribution >= 4 is 33.1 Å². The number of nitrogens with zero attached hydrogens (tertiary/aromatic N) is 3. The van der Waals surface area contributed by atoms with Crippen LogP contribution in [0.25, 0.3) is 10.7 Å². The van der Waals surface area contributed by atoms with E-state index in [9.17, 15) is 18.0 Å². The predicted octanol–water partition coefficient (Wildman–Crippen LogP) is 2.49. The highest BCUT2D eigenvalue weighted by Gasteiger charge is 2.34. The number of unbranched alkanes of at least 4 members (excludes halogenated alkanes) is 1. The summed E-state index contributed by atoms with van der Waals surface area (Å²) in [5.41, 5.74) is 1.18. The second-order valence-electron chi connectivity index (χ2n) is 7.22. The summed E-state index contributed by atoms with van der Waals surface area (Å²) in [6, 6.07) is 5.08. The molecule has 3 heterocycles. The van der Waals surface area contributed by atoms with E-state index in [1.165, 1.54) is 11.3 Å². The minimum atomic E-state index is -3.12. The van der Waals surface area contributed by atoms with Gasteiger partial charge in [0.25, 0.3) is 5.91 Å². The lowest BCUT2D eigenvalue weighted by atomic mass is 10.2. The van der Waals surface area contributed by atoms with Crippen LogP contribution in [0, 0.1) is 6.92 Å². The number of sulfone groups is 1. The molecular formula is C20H25N3O5S2. The Morgan fingerprint density at radius 2 is 2.13 bits per heavy atom. The van der Waals surface area contributed by atoms with Crippen LogP contribution < -0.4 is 0 Å². The lowest BCUT2D eigenvalue weighted by molar-refractivity contribution is -0.136. The average Bonchev–Trinajstić information content (AvgIpc) is 3.29. The van der Waals surface area contributed by atoms with E-state index in [-0.39, 0.29) is 23.5 Å². The Morgan fingerprint density at radius 1 is 1.33 bits per heavy atom. The summed E-state index contributed by atoms with van der Waals surface area (Å²) in [6.07, 6.45) is 3.71.